The molecule has 3 aromatic carbocycles. The van der Waals surface area contributed by atoms with E-state index in [0.29, 0.717) is 28.4 Å². The predicted octanol–water partition coefficient (Wildman–Crippen LogP) is 5.43. The summed E-state index contributed by atoms with van der Waals surface area (Å²) in [4.78, 5) is 12.7. The Morgan fingerprint density at radius 3 is 2.38 bits per heavy atom. The van der Waals surface area contributed by atoms with E-state index in [-0.39, 0.29) is 11.3 Å². The highest BCUT2D eigenvalue weighted by Crippen LogP contribution is 2.45. The standard InChI is InChI=1S/C28H26N2O4/c1-28(2,3)18-11-9-17(10-12-18)27(31)33-19-13-14-21-24(15-19)34-26(30)22(16-29)25(21)20-7-5-6-8-23(20)32-4/h5-15,25H,30H2,1-4H3. The summed E-state index contributed by atoms with van der Waals surface area (Å²) in [5.74, 6) is 0.428. The Hall–Kier alpha value is -4.24. The molecule has 4 rings (SSSR count). The molecule has 1 aliphatic rings. The number of fused-ring (bicyclic) bond motifs is 1. The van der Waals surface area contributed by atoms with Crippen LogP contribution >= 0.6 is 0 Å². The zero-order valence-corrected chi connectivity index (χ0v) is 19.6. The Labute approximate surface area is 199 Å². The number of allylic oxidation sites excluding steroid dienone is 1. The maximum absolute atomic E-state index is 12.7. The number of esters is 1. The molecule has 0 spiro atoms. The van der Waals surface area contributed by atoms with Gasteiger partial charge in [-0.15, -0.1) is 0 Å². The van der Waals surface area contributed by atoms with Crippen LogP contribution in [0.2, 0.25) is 0 Å². The lowest BCUT2D eigenvalue weighted by atomic mass is 9.83. The largest absolute Gasteiger partial charge is 0.496 e. The summed E-state index contributed by atoms with van der Waals surface area (Å²) < 4.78 is 16.9. The molecule has 0 aromatic heterocycles. The van der Waals surface area contributed by atoms with Gasteiger partial charge < -0.3 is 19.9 Å². The first kappa shape index (κ1) is 22.9. The van der Waals surface area contributed by atoms with Crippen molar-refractivity contribution in [1.82, 2.24) is 0 Å². The molecular formula is C28H26N2O4. The molecule has 0 radical (unpaired) electrons. The predicted molar refractivity (Wildman–Crippen MR) is 129 cm³/mol. The summed E-state index contributed by atoms with van der Waals surface area (Å²) in [6.45, 7) is 6.34. The van der Waals surface area contributed by atoms with Gasteiger partial charge in [-0.05, 0) is 35.2 Å². The molecular weight excluding hydrogens is 428 g/mol. The third kappa shape index (κ3) is 4.33. The lowest BCUT2D eigenvalue weighted by molar-refractivity contribution is 0.0734. The molecule has 0 bridgehead atoms. The van der Waals surface area contributed by atoms with E-state index in [4.69, 9.17) is 19.9 Å². The van der Waals surface area contributed by atoms with E-state index >= 15 is 0 Å². The zero-order valence-electron chi connectivity index (χ0n) is 19.6. The van der Waals surface area contributed by atoms with E-state index in [1.165, 1.54) is 0 Å². The lowest BCUT2D eigenvalue weighted by Crippen LogP contribution is -2.21. The van der Waals surface area contributed by atoms with Crippen LogP contribution in [0.25, 0.3) is 0 Å². The molecule has 172 valence electrons. The van der Waals surface area contributed by atoms with Gasteiger partial charge in [0.1, 0.15) is 28.9 Å². The fourth-order valence-corrected chi connectivity index (χ4v) is 4.00. The number of methoxy groups -OCH3 is 1. The minimum Gasteiger partial charge on any atom is -0.496 e. The molecule has 0 fully saturated rings. The number of hydrogen-bond acceptors (Lipinski definition) is 6. The van der Waals surface area contributed by atoms with Gasteiger partial charge in [0.25, 0.3) is 0 Å². The molecule has 0 saturated carbocycles. The highest BCUT2D eigenvalue weighted by atomic mass is 16.5. The van der Waals surface area contributed by atoms with E-state index < -0.39 is 11.9 Å². The van der Waals surface area contributed by atoms with Gasteiger partial charge in [-0.1, -0.05) is 57.2 Å². The molecule has 1 aliphatic heterocycles. The summed E-state index contributed by atoms with van der Waals surface area (Å²) in [7, 11) is 1.58. The highest BCUT2D eigenvalue weighted by molar-refractivity contribution is 5.91. The van der Waals surface area contributed by atoms with Crippen molar-refractivity contribution in [3.05, 3.63) is 100 Å². The number of nitrogens with two attached hydrogens (primary N) is 1. The molecule has 1 unspecified atom stereocenters. The third-order valence-electron chi connectivity index (χ3n) is 5.84. The second kappa shape index (κ2) is 8.95. The molecule has 2 N–H and O–H groups in total. The second-order valence-corrected chi connectivity index (χ2v) is 9.08. The quantitative estimate of drug-likeness (QED) is 0.417. The van der Waals surface area contributed by atoms with Crippen molar-refractivity contribution in [2.45, 2.75) is 32.1 Å². The van der Waals surface area contributed by atoms with Gasteiger partial charge in [0.15, 0.2) is 0 Å². The first-order valence-electron chi connectivity index (χ1n) is 10.9. The van der Waals surface area contributed by atoms with Crippen molar-refractivity contribution < 1.29 is 19.0 Å². The van der Waals surface area contributed by atoms with Crippen LogP contribution in [-0.4, -0.2) is 13.1 Å². The van der Waals surface area contributed by atoms with E-state index in [1.54, 1.807) is 37.4 Å². The van der Waals surface area contributed by atoms with Gasteiger partial charge in [-0.3, -0.25) is 0 Å². The average molecular weight is 455 g/mol. The van der Waals surface area contributed by atoms with Crippen molar-refractivity contribution in [2.24, 2.45) is 5.73 Å². The molecule has 3 aromatic rings. The van der Waals surface area contributed by atoms with E-state index in [0.717, 1.165) is 16.7 Å². The molecule has 34 heavy (non-hydrogen) atoms. The smallest absolute Gasteiger partial charge is 0.343 e. The van der Waals surface area contributed by atoms with E-state index in [2.05, 4.69) is 26.8 Å². The van der Waals surface area contributed by atoms with Gasteiger partial charge in [-0.25, -0.2) is 4.79 Å². The van der Waals surface area contributed by atoms with Crippen LogP contribution in [-0.2, 0) is 5.41 Å². The van der Waals surface area contributed by atoms with Crippen molar-refractivity contribution >= 4 is 5.97 Å². The number of nitrogens with zero attached hydrogens (tertiary/aromatic N) is 1. The average Bonchev–Trinajstić information content (AvgIpc) is 2.82. The third-order valence-corrected chi connectivity index (χ3v) is 5.84. The van der Waals surface area contributed by atoms with Crippen molar-refractivity contribution in [3.63, 3.8) is 0 Å². The van der Waals surface area contributed by atoms with Crippen LogP contribution in [0.1, 0.15) is 53.7 Å². The second-order valence-electron chi connectivity index (χ2n) is 9.08. The molecule has 0 saturated heterocycles. The number of para-hydroxylation sites is 1. The Kier molecular flexibility index (Phi) is 6.04. The Morgan fingerprint density at radius 2 is 1.74 bits per heavy atom. The van der Waals surface area contributed by atoms with Crippen LogP contribution in [0, 0.1) is 11.3 Å². The number of benzene rings is 3. The fraction of sp³-hybridized carbons (Fsp3) is 0.214. The Morgan fingerprint density at radius 1 is 1.03 bits per heavy atom. The summed E-state index contributed by atoms with van der Waals surface area (Å²) in [6, 6.07) is 22.1. The maximum Gasteiger partial charge on any atom is 0.343 e. The first-order valence-corrected chi connectivity index (χ1v) is 10.9. The topological polar surface area (TPSA) is 94.6 Å². The van der Waals surface area contributed by atoms with Crippen molar-refractivity contribution in [2.75, 3.05) is 7.11 Å². The first-order chi connectivity index (χ1) is 16.2. The molecule has 6 heteroatoms. The highest BCUT2D eigenvalue weighted by Gasteiger charge is 2.32. The molecule has 1 atom stereocenters. The SMILES string of the molecule is COc1ccccc1C1C(C#N)=C(N)Oc2cc(OC(=O)c3ccc(C(C)(C)C)cc3)ccc21. The maximum atomic E-state index is 12.7. The van der Waals surface area contributed by atoms with Crippen LogP contribution in [0.15, 0.2) is 78.2 Å². The van der Waals surface area contributed by atoms with E-state index in [9.17, 15) is 10.1 Å². The van der Waals surface area contributed by atoms with Gasteiger partial charge in [-0.2, -0.15) is 5.26 Å². The number of nitriles is 1. The lowest BCUT2D eigenvalue weighted by Gasteiger charge is -2.27. The Bertz CT molecular complexity index is 1310. The normalized spacial score (nSPS) is 15.1. The van der Waals surface area contributed by atoms with Crippen LogP contribution < -0.4 is 19.9 Å². The summed E-state index contributed by atoms with van der Waals surface area (Å²) in [5, 5.41) is 9.77. The minimum absolute atomic E-state index is 0.00662. The summed E-state index contributed by atoms with van der Waals surface area (Å²) in [6.07, 6.45) is 0. The fourth-order valence-electron chi connectivity index (χ4n) is 4.00. The minimum atomic E-state index is -0.473. The summed E-state index contributed by atoms with van der Waals surface area (Å²) in [5.41, 5.74) is 9.48. The molecule has 6 nitrogen and oxygen atoms in total. The van der Waals surface area contributed by atoms with E-state index in [1.807, 2.05) is 36.4 Å². The Balaban J connectivity index is 1.65. The van der Waals surface area contributed by atoms with Gasteiger partial charge in [0, 0.05) is 17.2 Å². The van der Waals surface area contributed by atoms with Gasteiger partial charge in [0.2, 0.25) is 5.88 Å². The van der Waals surface area contributed by atoms with Gasteiger partial charge >= 0.3 is 5.97 Å². The molecule has 0 aliphatic carbocycles. The number of carbonyl (C=O) groups excluding carboxylic acids is 1. The summed E-state index contributed by atoms with van der Waals surface area (Å²) >= 11 is 0. The van der Waals surface area contributed by atoms with Crippen LogP contribution in [0.3, 0.4) is 0 Å². The number of hydrogen-bond donors (Lipinski definition) is 1. The van der Waals surface area contributed by atoms with Crippen molar-refractivity contribution in [3.8, 4) is 23.3 Å². The molecule has 1 heterocycles. The monoisotopic (exact) mass is 454 g/mol. The molecule has 0 amide bonds. The van der Waals surface area contributed by atoms with Gasteiger partial charge in [0.05, 0.1) is 18.6 Å². The van der Waals surface area contributed by atoms with Crippen LogP contribution in [0.5, 0.6) is 17.2 Å². The zero-order chi connectivity index (χ0) is 24.5. The number of ether oxygens (including phenoxy) is 3. The van der Waals surface area contributed by atoms with Crippen LogP contribution in [0.4, 0.5) is 0 Å². The number of carbonyl (C=O) groups is 1. The van der Waals surface area contributed by atoms with Crippen molar-refractivity contribution in [1.29, 1.82) is 5.26 Å². The number of rotatable bonds is 4.